The van der Waals surface area contributed by atoms with E-state index in [1.807, 2.05) is 11.3 Å². The Hall–Kier alpha value is -6.16. The van der Waals surface area contributed by atoms with Gasteiger partial charge < -0.3 is 9.80 Å². The first-order valence-corrected chi connectivity index (χ1v) is 19.9. The number of rotatable bonds is 6. The Morgan fingerprint density at radius 2 is 0.926 bits per heavy atom. The summed E-state index contributed by atoms with van der Waals surface area (Å²) in [5.74, 6) is 0. The van der Waals surface area contributed by atoms with E-state index in [9.17, 15) is 0 Å². The van der Waals surface area contributed by atoms with Crippen LogP contribution < -0.4 is 9.80 Å². The Morgan fingerprint density at radius 1 is 0.389 bits per heavy atom. The van der Waals surface area contributed by atoms with Gasteiger partial charge in [-0.1, -0.05) is 121 Å². The number of hydrogen-bond acceptors (Lipinski definition) is 3. The number of thiophene rings is 1. The summed E-state index contributed by atoms with van der Waals surface area (Å²) in [7, 11) is 0. The van der Waals surface area contributed by atoms with Crippen molar-refractivity contribution in [1.82, 2.24) is 0 Å². The molecule has 0 fully saturated rings. The lowest BCUT2D eigenvalue weighted by atomic mass is 9.74. The highest BCUT2D eigenvalue weighted by Gasteiger charge is 2.49. The van der Waals surface area contributed by atoms with Crippen LogP contribution in [-0.4, -0.2) is 0 Å². The van der Waals surface area contributed by atoms with E-state index in [2.05, 4.69) is 192 Å². The highest BCUT2D eigenvalue weighted by Crippen LogP contribution is 2.60. The average Bonchev–Trinajstić information content (AvgIpc) is 3.93. The molecule has 0 N–H and O–H groups in total. The molecule has 2 aliphatic rings. The molecule has 1 atom stereocenters. The van der Waals surface area contributed by atoms with Crippen LogP contribution in [0.5, 0.6) is 0 Å². The van der Waals surface area contributed by atoms with Crippen molar-refractivity contribution >= 4 is 76.4 Å². The predicted molar refractivity (Wildman–Crippen MR) is 230 cm³/mol. The first-order valence-electron chi connectivity index (χ1n) is 19.1. The average molecular weight is 711 g/mol. The molecule has 54 heavy (non-hydrogen) atoms. The zero-order valence-corrected chi connectivity index (χ0v) is 30.8. The van der Waals surface area contributed by atoms with Crippen molar-refractivity contribution < 1.29 is 0 Å². The summed E-state index contributed by atoms with van der Waals surface area (Å²) in [6, 6.07) is 67.5. The first kappa shape index (κ1) is 31.4. The van der Waals surface area contributed by atoms with E-state index in [0.29, 0.717) is 0 Å². The number of nitrogens with zero attached hydrogens (tertiary/aromatic N) is 2. The molecule has 258 valence electrons. The van der Waals surface area contributed by atoms with Crippen molar-refractivity contribution in [3.63, 3.8) is 0 Å². The maximum absolute atomic E-state index is 2.59. The van der Waals surface area contributed by atoms with Crippen molar-refractivity contribution in [1.29, 1.82) is 0 Å². The normalized spacial score (nSPS) is 15.9. The number of hydrogen-bond donors (Lipinski definition) is 0. The third-order valence-electron chi connectivity index (χ3n) is 12.0. The fraction of sp³-hybridized carbons (Fsp3) is 0.0980. The van der Waals surface area contributed by atoms with E-state index < -0.39 is 0 Å². The fourth-order valence-electron chi connectivity index (χ4n) is 9.76. The zero-order valence-electron chi connectivity index (χ0n) is 30.0. The molecular formula is C51H38N2S. The summed E-state index contributed by atoms with van der Waals surface area (Å²) in [6.07, 6.45) is 4.32. The van der Waals surface area contributed by atoms with Gasteiger partial charge in [0, 0.05) is 48.0 Å². The van der Waals surface area contributed by atoms with Crippen molar-refractivity contribution in [2.75, 3.05) is 9.80 Å². The standard InChI is InChI=1S/C51H38N2S/c1-3-18-38(19-4-1)52(39-20-5-2-6-21-39)45-25-12-16-36-30-32-51(49(36)45)33-31-37-17-13-26-46(50(37)51)53(44-24-11-15-35-14-7-8-22-41(35)44)40-28-29-43-42-23-9-10-27-47(42)54-48(43)34-40/h1-29,34H,30-33H2/t51-/m1/s1. The molecule has 9 aromatic rings. The lowest BCUT2D eigenvalue weighted by Gasteiger charge is -2.37. The molecule has 1 aromatic heterocycles. The summed E-state index contributed by atoms with van der Waals surface area (Å²) in [6.45, 7) is 0. The monoisotopic (exact) mass is 710 g/mol. The lowest BCUT2D eigenvalue weighted by Crippen LogP contribution is -2.27. The van der Waals surface area contributed by atoms with Crippen LogP contribution in [0.4, 0.5) is 34.1 Å². The van der Waals surface area contributed by atoms with Gasteiger partial charge in [-0.3, -0.25) is 0 Å². The second kappa shape index (κ2) is 12.5. The molecule has 1 heterocycles. The predicted octanol–water partition coefficient (Wildman–Crippen LogP) is 14.3. The minimum atomic E-state index is -0.135. The van der Waals surface area contributed by atoms with E-state index in [4.69, 9.17) is 0 Å². The number of para-hydroxylation sites is 2. The van der Waals surface area contributed by atoms with E-state index in [1.54, 1.807) is 0 Å². The van der Waals surface area contributed by atoms with E-state index >= 15 is 0 Å². The number of benzene rings is 8. The van der Waals surface area contributed by atoms with Gasteiger partial charge in [0.2, 0.25) is 0 Å². The summed E-state index contributed by atoms with van der Waals surface area (Å²) >= 11 is 1.89. The molecule has 1 spiro atoms. The molecular weight excluding hydrogens is 673 g/mol. The molecule has 0 saturated heterocycles. The summed E-state index contributed by atoms with van der Waals surface area (Å²) in [4.78, 5) is 5.08. The van der Waals surface area contributed by atoms with Crippen molar-refractivity contribution in [3.8, 4) is 0 Å². The van der Waals surface area contributed by atoms with Gasteiger partial charge in [0.05, 0.1) is 17.1 Å². The van der Waals surface area contributed by atoms with Gasteiger partial charge in [-0.05, 0) is 114 Å². The van der Waals surface area contributed by atoms with Crippen LogP contribution in [0.1, 0.15) is 35.1 Å². The van der Waals surface area contributed by atoms with Crippen molar-refractivity contribution in [2.24, 2.45) is 0 Å². The summed E-state index contributed by atoms with van der Waals surface area (Å²) in [5.41, 5.74) is 13.1. The molecule has 8 aromatic carbocycles. The number of anilines is 6. The van der Waals surface area contributed by atoms with Crippen LogP contribution in [0.3, 0.4) is 0 Å². The maximum Gasteiger partial charge on any atom is 0.0540 e. The Balaban J connectivity index is 1.17. The molecule has 0 bridgehead atoms. The Labute approximate surface area is 320 Å². The van der Waals surface area contributed by atoms with Gasteiger partial charge in [0.1, 0.15) is 0 Å². The third-order valence-corrected chi connectivity index (χ3v) is 13.1. The highest BCUT2D eigenvalue weighted by molar-refractivity contribution is 7.25. The number of fused-ring (bicyclic) bond motifs is 8. The Kier molecular flexibility index (Phi) is 7.25. The van der Waals surface area contributed by atoms with Gasteiger partial charge in [0.25, 0.3) is 0 Å². The summed E-state index contributed by atoms with van der Waals surface area (Å²) in [5, 5.41) is 5.16. The zero-order chi connectivity index (χ0) is 35.6. The van der Waals surface area contributed by atoms with Gasteiger partial charge in [-0.2, -0.15) is 0 Å². The molecule has 0 aliphatic heterocycles. The topological polar surface area (TPSA) is 6.48 Å². The Bertz CT molecular complexity index is 2810. The van der Waals surface area contributed by atoms with Crippen LogP contribution in [0.2, 0.25) is 0 Å². The van der Waals surface area contributed by atoms with Crippen molar-refractivity contribution in [2.45, 2.75) is 31.1 Å². The van der Waals surface area contributed by atoms with Gasteiger partial charge in [-0.25, -0.2) is 0 Å². The second-order valence-corrected chi connectivity index (χ2v) is 15.9. The van der Waals surface area contributed by atoms with Crippen LogP contribution in [0.15, 0.2) is 182 Å². The third kappa shape index (κ3) is 4.78. The SMILES string of the molecule is c1ccc(N(c2ccccc2)c2cccc3c2[C@@]2(CC3)CCc3cccc(N(c4ccc5c(c4)sc4ccccc45)c4cccc5ccccc45)c32)cc1. The molecule has 2 aliphatic carbocycles. The molecule has 2 nitrogen and oxygen atoms in total. The maximum atomic E-state index is 2.59. The lowest BCUT2D eigenvalue weighted by molar-refractivity contribution is 0.508. The molecule has 3 heteroatoms. The van der Waals surface area contributed by atoms with Gasteiger partial charge >= 0.3 is 0 Å². The van der Waals surface area contributed by atoms with Crippen LogP contribution in [-0.2, 0) is 18.3 Å². The second-order valence-electron chi connectivity index (χ2n) is 14.8. The molecule has 11 rings (SSSR count). The largest absolute Gasteiger partial charge is 0.310 e. The quantitative estimate of drug-likeness (QED) is 0.169. The first-order chi connectivity index (χ1) is 26.8. The highest BCUT2D eigenvalue weighted by atomic mass is 32.1. The fourth-order valence-corrected chi connectivity index (χ4v) is 10.9. The van der Waals surface area contributed by atoms with Crippen LogP contribution in [0.25, 0.3) is 30.9 Å². The van der Waals surface area contributed by atoms with E-state index in [1.165, 1.54) is 87.3 Å². The van der Waals surface area contributed by atoms with Gasteiger partial charge in [0.15, 0.2) is 0 Å². The van der Waals surface area contributed by atoms with Gasteiger partial charge in [-0.15, -0.1) is 11.3 Å². The van der Waals surface area contributed by atoms with E-state index in [-0.39, 0.29) is 5.41 Å². The Morgan fingerprint density at radius 3 is 1.63 bits per heavy atom. The molecule has 0 radical (unpaired) electrons. The minimum Gasteiger partial charge on any atom is -0.310 e. The number of aryl methyl sites for hydroxylation is 2. The molecule has 0 unspecified atom stereocenters. The smallest absolute Gasteiger partial charge is 0.0540 e. The van der Waals surface area contributed by atoms with Crippen LogP contribution >= 0.6 is 11.3 Å². The van der Waals surface area contributed by atoms with E-state index in [0.717, 1.165) is 25.7 Å². The molecule has 0 amide bonds. The minimum absolute atomic E-state index is 0.135. The molecule has 0 saturated carbocycles. The summed E-state index contributed by atoms with van der Waals surface area (Å²) < 4.78 is 2.65. The van der Waals surface area contributed by atoms with Crippen LogP contribution in [0, 0.1) is 0 Å². The van der Waals surface area contributed by atoms with Crippen molar-refractivity contribution in [3.05, 3.63) is 204 Å².